The summed E-state index contributed by atoms with van der Waals surface area (Å²) in [7, 11) is 0. The van der Waals surface area contributed by atoms with Gasteiger partial charge in [0.05, 0.1) is 6.10 Å². The second kappa shape index (κ2) is 8.74. The normalized spacial score (nSPS) is 31.4. The molecule has 2 N–H and O–H groups in total. The largest absolute Gasteiger partial charge is 0.393 e. The van der Waals surface area contributed by atoms with Crippen molar-refractivity contribution < 1.29 is 9.90 Å². The highest BCUT2D eigenvalue weighted by molar-refractivity contribution is 5.83. The maximum Gasteiger partial charge on any atom is 0.226 e. The van der Waals surface area contributed by atoms with Crippen LogP contribution in [-0.2, 0) is 11.3 Å². The van der Waals surface area contributed by atoms with Gasteiger partial charge in [0.15, 0.2) is 0 Å². The van der Waals surface area contributed by atoms with Gasteiger partial charge in [0.1, 0.15) is 0 Å². The van der Waals surface area contributed by atoms with Gasteiger partial charge in [-0.2, -0.15) is 0 Å². The Hall–Kier alpha value is -2.72. The van der Waals surface area contributed by atoms with E-state index in [1.807, 2.05) is 30.6 Å². The molecule has 2 aromatic carbocycles. The van der Waals surface area contributed by atoms with Crippen molar-refractivity contribution in [2.45, 2.75) is 76.9 Å². The first-order chi connectivity index (χ1) is 17.0. The maximum absolute atomic E-state index is 13.2. The Morgan fingerprint density at radius 1 is 1.06 bits per heavy atom. The molecule has 3 fully saturated rings. The molecule has 4 nitrogen and oxygen atoms in total. The number of hydrogen-bond donors (Lipinski definition) is 2. The van der Waals surface area contributed by atoms with Gasteiger partial charge >= 0.3 is 0 Å². The van der Waals surface area contributed by atoms with Crippen molar-refractivity contribution in [3.8, 4) is 0 Å². The highest BCUT2D eigenvalue weighted by Gasteiger charge is 2.55. The number of hydrogen-bond acceptors (Lipinski definition) is 3. The summed E-state index contributed by atoms with van der Waals surface area (Å²) in [5, 5.41) is 15.0. The molecule has 1 heterocycles. The molecule has 3 unspecified atom stereocenters. The summed E-state index contributed by atoms with van der Waals surface area (Å²) in [6, 6.07) is 16.7. The lowest BCUT2D eigenvalue weighted by Crippen LogP contribution is -2.53. The third-order valence-electron chi connectivity index (χ3n) is 9.84. The van der Waals surface area contributed by atoms with Crippen LogP contribution >= 0.6 is 0 Å². The van der Waals surface area contributed by atoms with Gasteiger partial charge in [0, 0.05) is 24.4 Å². The van der Waals surface area contributed by atoms with Crippen LogP contribution in [0.3, 0.4) is 0 Å². The van der Waals surface area contributed by atoms with Crippen molar-refractivity contribution >= 4 is 17.7 Å². The predicted molar refractivity (Wildman–Crippen MR) is 140 cm³/mol. The molecule has 3 saturated carbocycles. The molecule has 4 aliphatic carbocycles. The maximum atomic E-state index is 13.2. The molecule has 2 aromatic rings. The monoisotopic (exact) mass is 468 g/mol. The van der Waals surface area contributed by atoms with Crippen molar-refractivity contribution in [2.24, 2.45) is 21.7 Å². The van der Waals surface area contributed by atoms with Crippen molar-refractivity contribution in [1.82, 2.24) is 5.32 Å². The van der Waals surface area contributed by atoms with Gasteiger partial charge in [0.2, 0.25) is 5.91 Å². The summed E-state index contributed by atoms with van der Waals surface area (Å²) in [5.41, 5.74) is 6.29. The average Bonchev–Trinajstić information content (AvgIpc) is 3.23. The molecule has 1 amide bonds. The number of rotatable bonds is 6. The van der Waals surface area contributed by atoms with Crippen molar-refractivity contribution in [1.29, 1.82) is 0 Å². The Morgan fingerprint density at radius 2 is 1.80 bits per heavy atom. The quantitative estimate of drug-likeness (QED) is 0.552. The lowest BCUT2D eigenvalue weighted by atomic mass is 9.51. The Bertz CT molecular complexity index is 1160. The summed E-state index contributed by atoms with van der Waals surface area (Å²) < 4.78 is 0. The number of aliphatic hydroxyl groups excluding tert-OH is 1. The molecule has 0 radical (unpaired) electrons. The van der Waals surface area contributed by atoms with Gasteiger partial charge in [-0.15, -0.1) is 0 Å². The molecule has 35 heavy (non-hydrogen) atoms. The van der Waals surface area contributed by atoms with Crippen LogP contribution < -0.4 is 5.32 Å². The minimum atomic E-state index is -0.330. The lowest BCUT2D eigenvalue weighted by Gasteiger charge is -2.54. The molecule has 5 aliphatic rings. The van der Waals surface area contributed by atoms with Crippen LogP contribution in [0.1, 0.15) is 79.5 Å². The van der Waals surface area contributed by atoms with Crippen LogP contribution in [0, 0.1) is 23.7 Å². The Morgan fingerprint density at radius 3 is 2.54 bits per heavy atom. The van der Waals surface area contributed by atoms with Crippen LogP contribution in [0.15, 0.2) is 59.7 Å². The van der Waals surface area contributed by atoms with Crippen LogP contribution in [0.25, 0.3) is 5.57 Å². The third kappa shape index (κ3) is 3.78. The zero-order valence-electron chi connectivity index (χ0n) is 20.7. The molecular formula is C31H36N2O2. The number of benzene rings is 2. The lowest BCUT2D eigenvalue weighted by molar-refractivity contribution is -0.148. The molecule has 3 atom stereocenters. The number of amides is 1. The Labute approximate surface area is 208 Å². The number of aliphatic imine (C=N–C) groups is 1. The zero-order chi connectivity index (χ0) is 24.0. The molecule has 0 spiro atoms. The fourth-order valence-electron chi connectivity index (χ4n) is 7.60. The van der Waals surface area contributed by atoms with Gasteiger partial charge in [-0.1, -0.05) is 48.5 Å². The number of fused-ring (bicyclic) bond motifs is 6. The number of aryl methyl sites for hydroxylation is 1. The van der Waals surface area contributed by atoms with Crippen LogP contribution in [-0.4, -0.2) is 23.3 Å². The number of carbonyl (C=O) groups is 1. The first-order valence-corrected chi connectivity index (χ1v) is 13.3. The minimum absolute atomic E-state index is 0.0421. The molecule has 4 heteroatoms. The zero-order valence-corrected chi connectivity index (χ0v) is 20.7. The van der Waals surface area contributed by atoms with E-state index in [9.17, 15) is 9.90 Å². The predicted octanol–water partition coefficient (Wildman–Crippen LogP) is 5.93. The summed E-state index contributed by atoms with van der Waals surface area (Å²) in [5.74, 6) is 0.974. The van der Waals surface area contributed by atoms with E-state index in [1.54, 1.807) is 0 Å². The third-order valence-corrected chi connectivity index (χ3v) is 9.84. The highest BCUT2D eigenvalue weighted by Crippen LogP contribution is 2.60. The topological polar surface area (TPSA) is 61.7 Å². The van der Waals surface area contributed by atoms with E-state index in [0.29, 0.717) is 18.4 Å². The first kappa shape index (κ1) is 22.7. The molecule has 182 valence electrons. The number of nitrogens with zero attached hydrogens (tertiary/aromatic N) is 1. The average molecular weight is 469 g/mol. The molecule has 2 bridgehead atoms. The van der Waals surface area contributed by atoms with E-state index in [2.05, 4.69) is 47.6 Å². The number of nitrogens with one attached hydrogen (secondary N) is 1. The highest BCUT2D eigenvalue weighted by atomic mass is 16.3. The molecular weight excluding hydrogens is 432 g/mol. The number of allylic oxidation sites excluding steroid dienone is 1. The van der Waals surface area contributed by atoms with E-state index >= 15 is 0 Å². The summed E-state index contributed by atoms with van der Waals surface area (Å²) >= 11 is 0. The second-order valence-electron chi connectivity index (χ2n) is 11.5. The van der Waals surface area contributed by atoms with Crippen LogP contribution in [0.2, 0.25) is 0 Å². The van der Waals surface area contributed by atoms with E-state index in [-0.39, 0.29) is 22.8 Å². The van der Waals surface area contributed by atoms with Gasteiger partial charge < -0.3 is 10.4 Å². The van der Waals surface area contributed by atoms with Gasteiger partial charge in [-0.25, -0.2) is 0 Å². The fourth-order valence-corrected chi connectivity index (χ4v) is 7.60. The van der Waals surface area contributed by atoms with E-state index in [1.165, 1.54) is 22.3 Å². The number of aliphatic hydroxyl groups is 1. The first-order valence-electron chi connectivity index (χ1n) is 13.3. The van der Waals surface area contributed by atoms with Crippen LogP contribution in [0.5, 0.6) is 0 Å². The van der Waals surface area contributed by atoms with E-state index in [0.717, 1.165) is 56.9 Å². The van der Waals surface area contributed by atoms with E-state index in [4.69, 9.17) is 0 Å². The van der Waals surface area contributed by atoms with Crippen molar-refractivity contribution in [3.05, 3.63) is 77.0 Å². The standard InChI is InChI=1S/C31H36N2O2/c1-21-6-5-9-24-26-20-32-17-10-23(26)25(28(21)24)18-27(34)30-11-14-31(15-12-30,16-13-30)29(35)33-19-22-7-3-2-4-8-22/h2-9,17,20,23,25,27,34H,10-16,18-19H2,1H3,(H,33,35). The minimum Gasteiger partial charge on any atom is -0.393 e. The summed E-state index contributed by atoms with van der Waals surface area (Å²) in [4.78, 5) is 17.7. The van der Waals surface area contributed by atoms with Gasteiger partial charge in [-0.3, -0.25) is 9.79 Å². The molecule has 1 aliphatic heterocycles. The van der Waals surface area contributed by atoms with Crippen molar-refractivity contribution in [3.63, 3.8) is 0 Å². The molecule has 7 rings (SSSR count). The molecule has 0 saturated heterocycles. The fraction of sp³-hybridized carbons (Fsp3) is 0.484. The summed E-state index contributed by atoms with van der Waals surface area (Å²) in [6.45, 7) is 2.80. The van der Waals surface area contributed by atoms with E-state index < -0.39 is 0 Å². The van der Waals surface area contributed by atoms with Crippen molar-refractivity contribution in [2.75, 3.05) is 0 Å². The smallest absolute Gasteiger partial charge is 0.226 e. The second-order valence-corrected chi connectivity index (χ2v) is 11.5. The van der Waals surface area contributed by atoms with Gasteiger partial charge in [0.25, 0.3) is 0 Å². The Balaban J connectivity index is 1.15. The number of carbonyl (C=O) groups excluding carboxylic acids is 1. The summed E-state index contributed by atoms with van der Waals surface area (Å²) in [6.07, 6.45) is 11.1. The van der Waals surface area contributed by atoms with Gasteiger partial charge in [-0.05, 0) is 103 Å². The Kier molecular flexibility index (Phi) is 5.68. The van der Waals surface area contributed by atoms with Crippen LogP contribution in [0.4, 0.5) is 0 Å². The SMILES string of the molecule is Cc1cccc2c1C(CC(O)C13CCC(C(=O)NCc4ccccc4)(CC1)CC3)C1CC=NC=C21. The molecule has 0 aromatic heterocycles.